The van der Waals surface area contributed by atoms with E-state index in [-0.39, 0.29) is 12.5 Å². The van der Waals surface area contributed by atoms with E-state index in [1.807, 2.05) is 78.7 Å². The molecule has 0 saturated carbocycles. The normalized spacial score (nSPS) is 10.8. The first-order chi connectivity index (χ1) is 15.0. The molecule has 0 spiro atoms. The number of nitrogens with zero attached hydrogens (tertiary/aromatic N) is 3. The number of anilines is 2. The van der Waals surface area contributed by atoms with E-state index in [2.05, 4.69) is 10.3 Å². The minimum atomic E-state index is -0.474. The lowest BCUT2D eigenvalue weighted by Crippen LogP contribution is -2.34. The molecule has 0 aliphatic heterocycles. The Labute approximate surface area is 184 Å². The van der Waals surface area contributed by atoms with E-state index in [0.29, 0.717) is 22.9 Å². The number of carbonyl (C=O) groups excluding carboxylic acids is 1. The molecule has 4 rings (SSSR count). The monoisotopic (exact) mass is 432 g/mol. The van der Waals surface area contributed by atoms with Crippen molar-refractivity contribution in [2.24, 2.45) is 0 Å². The molecule has 0 unspecified atom stereocenters. The molecule has 3 aromatic carbocycles. The highest BCUT2D eigenvalue weighted by molar-refractivity contribution is 6.30. The van der Waals surface area contributed by atoms with Crippen LogP contribution in [0.3, 0.4) is 0 Å². The zero-order valence-electron chi connectivity index (χ0n) is 17.0. The van der Waals surface area contributed by atoms with Crippen LogP contribution in [0.1, 0.15) is 5.56 Å². The van der Waals surface area contributed by atoms with Gasteiger partial charge in [0, 0.05) is 29.7 Å². The summed E-state index contributed by atoms with van der Waals surface area (Å²) in [4.78, 5) is 31.6. The summed E-state index contributed by atoms with van der Waals surface area (Å²) < 4.78 is 1.40. The second-order valence-electron chi connectivity index (χ2n) is 7.12. The number of nitrogens with one attached hydrogen (secondary N) is 1. The highest BCUT2D eigenvalue weighted by Crippen LogP contribution is 2.27. The third-order valence-corrected chi connectivity index (χ3v) is 5.29. The molecule has 7 heteroatoms. The van der Waals surface area contributed by atoms with E-state index in [1.165, 1.54) is 4.57 Å². The average Bonchev–Trinajstić information content (AvgIpc) is 2.80. The highest BCUT2D eigenvalue weighted by atomic mass is 35.5. The van der Waals surface area contributed by atoms with Gasteiger partial charge >= 0.3 is 5.69 Å². The maximum atomic E-state index is 12.9. The van der Waals surface area contributed by atoms with Gasteiger partial charge in [0.2, 0.25) is 5.91 Å². The fourth-order valence-corrected chi connectivity index (χ4v) is 3.52. The van der Waals surface area contributed by atoms with Gasteiger partial charge in [-0.3, -0.25) is 9.36 Å². The van der Waals surface area contributed by atoms with E-state index >= 15 is 0 Å². The van der Waals surface area contributed by atoms with Gasteiger partial charge in [0.05, 0.1) is 5.52 Å². The molecule has 1 heterocycles. The van der Waals surface area contributed by atoms with Crippen LogP contribution in [0, 0.1) is 0 Å². The Morgan fingerprint density at radius 2 is 1.68 bits per heavy atom. The van der Waals surface area contributed by atoms with Crippen molar-refractivity contribution in [3.8, 4) is 0 Å². The number of amides is 1. The fourth-order valence-electron chi connectivity index (χ4n) is 3.40. The minimum Gasteiger partial charge on any atom is -0.350 e. The lowest BCUT2D eigenvalue weighted by Gasteiger charge is -2.21. The van der Waals surface area contributed by atoms with Crippen molar-refractivity contribution in [2.45, 2.75) is 13.1 Å². The number of para-hydroxylation sites is 2. The van der Waals surface area contributed by atoms with Gasteiger partial charge < -0.3 is 10.2 Å². The predicted molar refractivity (Wildman–Crippen MR) is 124 cm³/mol. The van der Waals surface area contributed by atoms with Crippen LogP contribution in [0.25, 0.3) is 10.9 Å². The van der Waals surface area contributed by atoms with Crippen LogP contribution in [0.15, 0.2) is 83.7 Å². The number of aromatic nitrogens is 2. The number of hydrogen-bond donors (Lipinski definition) is 1. The van der Waals surface area contributed by atoms with Crippen LogP contribution in [0.4, 0.5) is 11.5 Å². The van der Waals surface area contributed by atoms with Crippen molar-refractivity contribution in [1.82, 2.24) is 14.9 Å². The molecule has 1 N–H and O–H groups in total. The van der Waals surface area contributed by atoms with Crippen molar-refractivity contribution < 1.29 is 4.79 Å². The maximum absolute atomic E-state index is 12.9. The molecule has 0 aliphatic carbocycles. The van der Waals surface area contributed by atoms with Gasteiger partial charge in [0.15, 0.2) is 0 Å². The molecular weight excluding hydrogens is 412 g/mol. The second kappa shape index (κ2) is 9.02. The first-order valence-corrected chi connectivity index (χ1v) is 10.2. The molecule has 0 aliphatic rings. The maximum Gasteiger partial charge on any atom is 0.350 e. The van der Waals surface area contributed by atoms with Gasteiger partial charge in [-0.1, -0.05) is 54.1 Å². The molecule has 156 valence electrons. The van der Waals surface area contributed by atoms with Gasteiger partial charge in [0.1, 0.15) is 12.4 Å². The van der Waals surface area contributed by atoms with Crippen molar-refractivity contribution in [3.63, 3.8) is 0 Å². The number of benzene rings is 3. The molecule has 0 atom stereocenters. The third kappa shape index (κ3) is 4.59. The van der Waals surface area contributed by atoms with Gasteiger partial charge in [-0.25, -0.2) is 4.79 Å². The number of hydrogen-bond acceptors (Lipinski definition) is 4. The Morgan fingerprint density at radius 3 is 2.42 bits per heavy atom. The van der Waals surface area contributed by atoms with Crippen LogP contribution >= 0.6 is 11.6 Å². The van der Waals surface area contributed by atoms with Crippen LogP contribution in [0.2, 0.25) is 5.02 Å². The number of halogens is 1. The van der Waals surface area contributed by atoms with E-state index in [4.69, 9.17) is 11.6 Å². The van der Waals surface area contributed by atoms with Crippen LogP contribution < -0.4 is 15.9 Å². The third-order valence-electron chi connectivity index (χ3n) is 5.03. The zero-order valence-corrected chi connectivity index (χ0v) is 17.7. The number of carbonyl (C=O) groups is 1. The average molecular weight is 433 g/mol. The quantitative estimate of drug-likeness (QED) is 0.497. The summed E-state index contributed by atoms with van der Waals surface area (Å²) in [6.07, 6.45) is 0. The van der Waals surface area contributed by atoms with Crippen molar-refractivity contribution in [3.05, 3.63) is 99.9 Å². The van der Waals surface area contributed by atoms with Crippen LogP contribution in [0.5, 0.6) is 0 Å². The van der Waals surface area contributed by atoms with Crippen LogP contribution in [-0.4, -0.2) is 22.5 Å². The molecule has 0 saturated heterocycles. The standard InChI is InChI=1S/C24H21ClN4O2/c1-28(19-7-3-2-4-8-19)23-20-9-5-6-10-21(20)29(24(31)27-23)16-22(30)26-15-17-11-13-18(25)14-12-17/h2-14H,15-16H2,1H3,(H,26,30). The zero-order chi connectivity index (χ0) is 21.8. The largest absolute Gasteiger partial charge is 0.350 e. The Bertz CT molecular complexity index is 1270. The summed E-state index contributed by atoms with van der Waals surface area (Å²) in [7, 11) is 1.87. The molecule has 0 fully saturated rings. The van der Waals surface area contributed by atoms with Crippen LogP contribution in [-0.2, 0) is 17.9 Å². The van der Waals surface area contributed by atoms with Gasteiger partial charge in [-0.15, -0.1) is 0 Å². The highest BCUT2D eigenvalue weighted by Gasteiger charge is 2.16. The fraction of sp³-hybridized carbons (Fsp3) is 0.125. The van der Waals surface area contributed by atoms with Gasteiger partial charge in [0.25, 0.3) is 0 Å². The molecule has 0 bridgehead atoms. The van der Waals surface area contributed by atoms with Gasteiger partial charge in [-0.05, 0) is 42.0 Å². The van der Waals surface area contributed by atoms with Crippen molar-refractivity contribution in [1.29, 1.82) is 0 Å². The molecule has 0 radical (unpaired) electrons. The predicted octanol–water partition coefficient (Wildman–Crippen LogP) is 4.13. The summed E-state index contributed by atoms with van der Waals surface area (Å²) in [5.41, 5.74) is 2.02. The Kier molecular flexibility index (Phi) is 6.00. The summed E-state index contributed by atoms with van der Waals surface area (Å²) in [5, 5.41) is 4.27. The topological polar surface area (TPSA) is 67.2 Å². The van der Waals surface area contributed by atoms with E-state index in [9.17, 15) is 9.59 Å². The molecule has 31 heavy (non-hydrogen) atoms. The van der Waals surface area contributed by atoms with Crippen molar-refractivity contribution >= 4 is 39.9 Å². The number of rotatable bonds is 6. The smallest absolute Gasteiger partial charge is 0.350 e. The number of fused-ring (bicyclic) bond motifs is 1. The first-order valence-electron chi connectivity index (χ1n) is 9.82. The van der Waals surface area contributed by atoms with Gasteiger partial charge in [-0.2, -0.15) is 4.98 Å². The lowest BCUT2D eigenvalue weighted by atomic mass is 10.2. The van der Waals surface area contributed by atoms with E-state index in [1.54, 1.807) is 12.1 Å². The Hall–Kier alpha value is -3.64. The Balaban J connectivity index is 1.61. The summed E-state index contributed by atoms with van der Waals surface area (Å²) in [5.74, 6) is 0.276. The molecular formula is C24H21ClN4O2. The summed E-state index contributed by atoms with van der Waals surface area (Å²) in [6, 6.07) is 24.4. The lowest BCUT2D eigenvalue weighted by molar-refractivity contribution is -0.121. The van der Waals surface area contributed by atoms with E-state index < -0.39 is 5.69 Å². The second-order valence-corrected chi connectivity index (χ2v) is 7.56. The van der Waals surface area contributed by atoms with Crippen molar-refractivity contribution in [2.75, 3.05) is 11.9 Å². The molecule has 1 amide bonds. The minimum absolute atomic E-state index is 0.116. The summed E-state index contributed by atoms with van der Waals surface area (Å²) >= 11 is 5.89. The SMILES string of the molecule is CN(c1ccccc1)c1nc(=O)n(CC(=O)NCc2ccc(Cl)cc2)c2ccccc12. The molecule has 6 nitrogen and oxygen atoms in total. The molecule has 1 aromatic heterocycles. The first kappa shape index (κ1) is 20.6. The Morgan fingerprint density at radius 1 is 1.00 bits per heavy atom. The summed E-state index contributed by atoms with van der Waals surface area (Å²) in [6.45, 7) is 0.236. The molecule has 4 aromatic rings. The van der Waals surface area contributed by atoms with E-state index in [0.717, 1.165) is 16.6 Å².